The number of ether oxygens (including phenoxy) is 2. The van der Waals surface area contributed by atoms with E-state index in [1.165, 1.54) is 16.7 Å². The van der Waals surface area contributed by atoms with Gasteiger partial charge in [-0.05, 0) is 50.6 Å². The number of nitrogens with one attached hydrogen (secondary N) is 1. The van der Waals surface area contributed by atoms with Gasteiger partial charge in [-0.25, -0.2) is 9.97 Å². The number of aryl methyl sites for hydroxylation is 2. The highest BCUT2D eigenvalue weighted by Gasteiger charge is 2.27. The molecule has 3 heterocycles. The number of fused-ring (bicyclic) bond motifs is 1. The molecule has 10 heteroatoms. The Kier molecular flexibility index (Phi) is 7.27. The molecule has 0 fully saturated rings. The number of thioether (sulfide) groups is 1. The highest BCUT2D eigenvalue weighted by Crippen LogP contribution is 2.34. The van der Waals surface area contributed by atoms with E-state index in [2.05, 4.69) is 20.3 Å². The van der Waals surface area contributed by atoms with Gasteiger partial charge in [0.15, 0.2) is 16.7 Å². The molecule has 0 radical (unpaired) electrons. The SMILES string of the molecule is Cc1cc(C)nc(SCC(=O)N(Cc2cccnc2)[C@@H](C)C(=O)Nc2ccc3c(c2)OCO3)n1. The molecule has 0 spiro atoms. The molecule has 1 atom stereocenters. The fourth-order valence-corrected chi connectivity index (χ4v) is 4.29. The van der Waals surface area contributed by atoms with Gasteiger partial charge in [0.2, 0.25) is 18.6 Å². The van der Waals surface area contributed by atoms with Crippen LogP contribution >= 0.6 is 11.8 Å². The number of pyridine rings is 1. The van der Waals surface area contributed by atoms with E-state index in [1.54, 1.807) is 43.6 Å². The Hall–Kier alpha value is -3.66. The number of carbonyl (C=O) groups excluding carboxylic acids is 2. The van der Waals surface area contributed by atoms with Crippen LogP contribution in [0.15, 0.2) is 53.9 Å². The molecule has 4 rings (SSSR count). The smallest absolute Gasteiger partial charge is 0.246 e. The minimum Gasteiger partial charge on any atom is -0.454 e. The number of rotatable bonds is 8. The average Bonchev–Trinajstić information content (AvgIpc) is 3.28. The molecule has 9 nitrogen and oxygen atoms in total. The van der Waals surface area contributed by atoms with Gasteiger partial charge in [-0.15, -0.1) is 0 Å². The Bertz CT molecular complexity index is 1170. The number of benzene rings is 1. The number of hydrogen-bond acceptors (Lipinski definition) is 8. The van der Waals surface area contributed by atoms with Crippen molar-refractivity contribution in [2.24, 2.45) is 0 Å². The molecule has 0 aliphatic carbocycles. The zero-order valence-electron chi connectivity index (χ0n) is 19.1. The van der Waals surface area contributed by atoms with Crippen molar-refractivity contribution in [3.63, 3.8) is 0 Å². The summed E-state index contributed by atoms with van der Waals surface area (Å²) in [6, 6.07) is 9.99. The molecule has 1 N–H and O–H groups in total. The van der Waals surface area contributed by atoms with Gasteiger partial charge in [-0.1, -0.05) is 17.8 Å². The molecule has 0 unspecified atom stereocenters. The Morgan fingerprint density at radius 2 is 1.88 bits per heavy atom. The van der Waals surface area contributed by atoms with Crippen molar-refractivity contribution in [2.45, 2.75) is 38.5 Å². The molecule has 0 saturated carbocycles. The van der Waals surface area contributed by atoms with Crippen molar-refractivity contribution in [3.8, 4) is 11.5 Å². The van der Waals surface area contributed by atoms with Crippen LogP contribution in [0.3, 0.4) is 0 Å². The third-order valence-corrected chi connectivity index (χ3v) is 6.00. The second kappa shape index (κ2) is 10.5. The van der Waals surface area contributed by atoms with Gasteiger partial charge in [0.25, 0.3) is 0 Å². The number of carbonyl (C=O) groups is 2. The van der Waals surface area contributed by atoms with E-state index in [1.807, 2.05) is 26.0 Å². The number of nitrogens with zero attached hydrogens (tertiary/aromatic N) is 4. The quantitative estimate of drug-likeness (QED) is 0.387. The molecule has 3 aromatic rings. The minimum absolute atomic E-state index is 0.102. The Labute approximate surface area is 201 Å². The van der Waals surface area contributed by atoms with Crippen LogP contribution in [-0.4, -0.2) is 50.3 Å². The maximum absolute atomic E-state index is 13.3. The Morgan fingerprint density at radius 3 is 2.62 bits per heavy atom. The summed E-state index contributed by atoms with van der Waals surface area (Å²) in [4.78, 5) is 40.8. The molecule has 176 valence electrons. The molecule has 1 aromatic carbocycles. The predicted molar refractivity (Wildman–Crippen MR) is 128 cm³/mol. The van der Waals surface area contributed by atoms with Gasteiger partial charge in [0.05, 0.1) is 5.75 Å². The normalized spacial score (nSPS) is 12.8. The van der Waals surface area contributed by atoms with Crippen molar-refractivity contribution in [1.82, 2.24) is 19.9 Å². The third-order valence-electron chi connectivity index (χ3n) is 5.17. The standard InChI is InChI=1S/C24H25N5O4S/c1-15-9-16(2)27-24(26-15)34-13-22(30)29(12-18-5-4-8-25-11-18)17(3)23(31)28-19-6-7-20-21(10-19)33-14-32-20/h4-11,17H,12-14H2,1-3H3,(H,28,31)/t17-/m0/s1. The first-order chi connectivity index (χ1) is 16.4. The van der Waals surface area contributed by atoms with E-state index in [0.29, 0.717) is 22.3 Å². The monoisotopic (exact) mass is 479 g/mol. The average molecular weight is 480 g/mol. The summed E-state index contributed by atoms with van der Waals surface area (Å²) in [5.41, 5.74) is 3.07. The second-order valence-corrected chi connectivity index (χ2v) is 8.78. The lowest BCUT2D eigenvalue weighted by Gasteiger charge is -2.28. The number of hydrogen-bond donors (Lipinski definition) is 1. The van der Waals surface area contributed by atoms with E-state index >= 15 is 0 Å². The molecule has 2 amide bonds. The number of aromatic nitrogens is 3. The summed E-state index contributed by atoms with van der Waals surface area (Å²) < 4.78 is 10.7. The van der Waals surface area contributed by atoms with Crippen molar-refractivity contribution in [3.05, 3.63) is 65.7 Å². The maximum Gasteiger partial charge on any atom is 0.246 e. The first kappa shape index (κ1) is 23.5. The van der Waals surface area contributed by atoms with E-state index in [9.17, 15) is 9.59 Å². The molecule has 2 aromatic heterocycles. The van der Waals surface area contributed by atoms with Crippen LogP contribution in [0.4, 0.5) is 5.69 Å². The maximum atomic E-state index is 13.3. The number of amides is 2. The van der Waals surface area contributed by atoms with Crippen LogP contribution in [0.1, 0.15) is 23.9 Å². The van der Waals surface area contributed by atoms with Gasteiger partial charge in [-0.2, -0.15) is 0 Å². The van der Waals surface area contributed by atoms with Crippen LogP contribution in [0.25, 0.3) is 0 Å². The van der Waals surface area contributed by atoms with Crippen LogP contribution < -0.4 is 14.8 Å². The zero-order valence-corrected chi connectivity index (χ0v) is 20.0. The highest BCUT2D eigenvalue weighted by molar-refractivity contribution is 7.99. The first-order valence-corrected chi connectivity index (χ1v) is 11.7. The lowest BCUT2D eigenvalue weighted by molar-refractivity contribution is -0.136. The topological polar surface area (TPSA) is 107 Å². The first-order valence-electron chi connectivity index (χ1n) is 10.7. The second-order valence-electron chi connectivity index (χ2n) is 7.84. The van der Waals surface area contributed by atoms with E-state index in [4.69, 9.17) is 9.47 Å². The summed E-state index contributed by atoms with van der Waals surface area (Å²) in [5, 5.41) is 3.40. The van der Waals surface area contributed by atoms with Gasteiger partial charge < -0.3 is 19.7 Å². The van der Waals surface area contributed by atoms with Crippen LogP contribution in [-0.2, 0) is 16.1 Å². The van der Waals surface area contributed by atoms with Crippen molar-refractivity contribution >= 4 is 29.3 Å². The summed E-state index contributed by atoms with van der Waals surface area (Å²) in [6.45, 7) is 5.87. The Morgan fingerprint density at radius 1 is 1.12 bits per heavy atom. The molecule has 0 saturated heterocycles. The summed E-state index contributed by atoms with van der Waals surface area (Å²) in [6.07, 6.45) is 3.35. The van der Waals surface area contributed by atoms with Crippen LogP contribution in [0.2, 0.25) is 0 Å². The lowest BCUT2D eigenvalue weighted by atomic mass is 10.2. The molecular formula is C24H25N5O4S. The van der Waals surface area contributed by atoms with Crippen LogP contribution in [0.5, 0.6) is 11.5 Å². The lowest BCUT2D eigenvalue weighted by Crippen LogP contribution is -2.46. The Balaban J connectivity index is 1.48. The zero-order chi connectivity index (χ0) is 24.1. The fraction of sp³-hybridized carbons (Fsp3) is 0.292. The van der Waals surface area contributed by atoms with E-state index < -0.39 is 6.04 Å². The van der Waals surface area contributed by atoms with Crippen LogP contribution in [0, 0.1) is 13.8 Å². The van der Waals surface area contributed by atoms with Crippen molar-refractivity contribution in [1.29, 1.82) is 0 Å². The molecule has 34 heavy (non-hydrogen) atoms. The minimum atomic E-state index is -0.737. The third kappa shape index (κ3) is 5.82. The van der Waals surface area contributed by atoms with Crippen molar-refractivity contribution in [2.75, 3.05) is 17.9 Å². The molecular weight excluding hydrogens is 454 g/mol. The summed E-state index contributed by atoms with van der Waals surface area (Å²) in [7, 11) is 0. The van der Waals surface area contributed by atoms with Gasteiger partial charge in [0, 0.05) is 42.1 Å². The highest BCUT2D eigenvalue weighted by atomic mass is 32.2. The largest absolute Gasteiger partial charge is 0.454 e. The number of anilines is 1. The molecule has 0 bridgehead atoms. The van der Waals surface area contributed by atoms with Crippen molar-refractivity contribution < 1.29 is 19.1 Å². The van der Waals surface area contributed by atoms with Gasteiger partial charge in [-0.3, -0.25) is 14.6 Å². The van der Waals surface area contributed by atoms with E-state index in [-0.39, 0.29) is 30.9 Å². The molecule has 1 aliphatic rings. The summed E-state index contributed by atoms with van der Waals surface area (Å²) in [5.74, 6) is 0.780. The van der Waals surface area contributed by atoms with E-state index in [0.717, 1.165) is 17.0 Å². The molecule has 1 aliphatic heterocycles. The van der Waals surface area contributed by atoms with Gasteiger partial charge in [0.1, 0.15) is 6.04 Å². The predicted octanol–water partition coefficient (Wildman–Crippen LogP) is 3.37. The van der Waals surface area contributed by atoms with Gasteiger partial charge >= 0.3 is 0 Å². The fourth-order valence-electron chi connectivity index (χ4n) is 3.46. The summed E-state index contributed by atoms with van der Waals surface area (Å²) >= 11 is 1.25.